The molecule has 9 heteroatoms. The molecule has 0 amide bonds. The molecule has 0 spiro atoms. The molecule has 114 valence electrons. The number of nitrogens with zero attached hydrogens (tertiary/aromatic N) is 2. The number of benzene rings is 1. The van der Waals surface area contributed by atoms with Gasteiger partial charge in [-0.2, -0.15) is 31.3 Å². The van der Waals surface area contributed by atoms with E-state index in [0.717, 1.165) is 0 Å². The first-order chi connectivity index (χ1) is 9.55. The Balaban J connectivity index is 2.45. The molecule has 0 bridgehead atoms. The Morgan fingerprint density at radius 3 is 1.86 bits per heavy atom. The molecule has 1 aromatic carbocycles. The molecule has 2 rings (SSSR count). The van der Waals surface area contributed by atoms with Gasteiger partial charge in [0.15, 0.2) is 5.82 Å². The van der Waals surface area contributed by atoms with Crippen LogP contribution >= 0.6 is 0 Å². The number of hydrogen-bond acceptors (Lipinski definition) is 3. The van der Waals surface area contributed by atoms with Crippen LogP contribution in [0.1, 0.15) is 28.4 Å². The van der Waals surface area contributed by atoms with Crippen LogP contribution in [0.4, 0.5) is 26.3 Å². The first-order valence-electron chi connectivity index (χ1n) is 5.63. The molecule has 0 aliphatic rings. The summed E-state index contributed by atoms with van der Waals surface area (Å²) in [5.41, 5.74) is -2.95. The molecule has 0 saturated carbocycles. The third kappa shape index (κ3) is 3.73. The van der Waals surface area contributed by atoms with Crippen LogP contribution in [0.25, 0.3) is 0 Å². The van der Waals surface area contributed by atoms with Crippen molar-refractivity contribution in [1.82, 2.24) is 10.1 Å². The first kappa shape index (κ1) is 15.3. The lowest BCUT2D eigenvalue weighted by Gasteiger charge is -2.13. The van der Waals surface area contributed by atoms with Crippen molar-refractivity contribution in [1.29, 1.82) is 0 Å². The summed E-state index contributed by atoms with van der Waals surface area (Å²) in [6.07, 6.45) is -10.1. The molecule has 0 unspecified atom stereocenters. The van der Waals surface area contributed by atoms with Gasteiger partial charge < -0.3 is 4.52 Å². The Morgan fingerprint density at radius 2 is 1.48 bits per heavy atom. The number of hydrogen-bond donors (Lipinski definition) is 0. The van der Waals surface area contributed by atoms with Gasteiger partial charge in [-0.1, -0.05) is 5.16 Å². The van der Waals surface area contributed by atoms with Crippen LogP contribution in [0.5, 0.6) is 0 Å². The van der Waals surface area contributed by atoms with Gasteiger partial charge in [-0.3, -0.25) is 0 Å². The van der Waals surface area contributed by atoms with Crippen LogP contribution in [-0.4, -0.2) is 10.1 Å². The van der Waals surface area contributed by atoms with E-state index in [1.807, 2.05) is 0 Å². The summed E-state index contributed by atoms with van der Waals surface area (Å²) in [6.45, 7) is 1.49. The van der Waals surface area contributed by atoms with Gasteiger partial charge >= 0.3 is 12.4 Å². The van der Waals surface area contributed by atoms with E-state index in [4.69, 9.17) is 4.52 Å². The van der Waals surface area contributed by atoms with Crippen molar-refractivity contribution in [2.75, 3.05) is 0 Å². The molecule has 21 heavy (non-hydrogen) atoms. The molecule has 0 radical (unpaired) electrons. The average Bonchev–Trinajstić information content (AvgIpc) is 2.72. The van der Waals surface area contributed by atoms with Gasteiger partial charge in [0.05, 0.1) is 17.5 Å². The van der Waals surface area contributed by atoms with E-state index in [0.29, 0.717) is 12.1 Å². The van der Waals surface area contributed by atoms with Crippen LogP contribution in [0.15, 0.2) is 22.7 Å². The smallest absolute Gasteiger partial charge is 0.339 e. The molecule has 2 aromatic rings. The molecule has 0 aliphatic heterocycles. The summed E-state index contributed by atoms with van der Waals surface area (Å²) in [7, 11) is 0. The van der Waals surface area contributed by atoms with Gasteiger partial charge in [-0.05, 0) is 30.7 Å². The van der Waals surface area contributed by atoms with E-state index in [9.17, 15) is 26.3 Å². The molecule has 1 aromatic heterocycles. The van der Waals surface area contributed by atoms with Crippen LogP contribution < -0.4 is 0 Å². The van der Waals surface area contributed by atoms with Gasteiger partial charge in [0.2, 0.25) is 5.89 Å². The monoisotopic (exact) mass is 310 g/mol. The number of rotatable bonds is 2. The van der Waals surface area contributed by atoms with Gasteiger partial charge in [-0.15, -0.1) is 0 Å². The Hall–Kier alpha value is -2.06. The van der Waals surface area contributed by atoms with E-state index in [1.165, 1.54) is 6.92 Å². The highest BCUT2D eigenvalue weighted by Gasteiger charge is 2.36. The quantitative estimate of drug-likeness (QED) is 0.787. The largest absolute Gasteiger partial charge is 0.416 e. The first-order valence-corrected chi connectivity index (χ1v) is 5.63. The molecule has 0 N–H and O–H groups in total. The highest BCUT2D eigenvalue weighted by Crippen LogP contribution is 2.36. The molecule has 0 saturated heterocycles. The van der Waals surface area contributed by atoms with Crippen LogP contribution in [0.2, 0.25) is 0 Å². The molecular formula is C12H8F6N2O. The van der Waals surface area contributed by atoms with E-state index in [2.05, 4.69) is 10.1 Å². The minimum absolute atomic E-state index is 0.0556. The second-order valence-electron chi connectivity index (χ2n) is 4.33. The third-order valence-electron chi connectivity index (χ3n) is 2.57. The molecule has 0 aliphatic carbocycles. The second kappa shape index (κ2) is 5.05. The Morgan fingerprint density at radius 1 is 0.952 bits per heavy atom. The lowest BCUT2D eigenvalue weighted by atomic mass is 10.0. The highest BCUT2D eigenvalue weighted by molar-refractivity contribution is 5.34. The summed E-state index contributed by atoms with van der Waals surface area (Å²) >= 11 is 0. The predicted octanol–water partition coefficient (Wildman–Crippen LogP) is 4.01. The van der Waals surface area contributed by atoms with Crippen molar-refractivity contribution in [3.8, 4) is 0 Å². The average molecular weight is 310 g/mol. The summed E-state index contributed by atoms with van der Waals surface area (Å²) in [6, 6.07) is 1.34. The van der Waals surface area contributed by atoms with Crippen molar-refractivity contribution >= 4 is 0 Å². The molecule has 1 heterocycles. The fraction of sp³-hybridized carbons (Fsp3) is 0.333. The van der Waals surface area contributed by atoms with E-state index >= 15 is 0 Å². The maximum absolute atomic E-state index is 12.7. The van der Waals surface area contributed by atoms with Crippen molar-refractivity contribution in [3.05, 3.63) is 46.6 Å². The Kier molecular flexibility index (Phi) is 3.68. The topological polar surface area (TPSA) is 38.9 Å². The van der Waals surface area contributed by atoms with Crippen LogP contribution in [-0.2, 0) is 18.8 Å². The minimum Gasteiger partial charge on any atom is -0.339 e. The Bertz CT molecular complexity index is 612. The van der Waals surface area contributed by atoms with Gasteiger partial charge in [-0.25, -0.2) is 0 Å². The molecule has 0 fully saturated rings. The van der Waals surface area contributed by atoms with Gasteiger partial charge in [0.25, 0.3) is 0 Å². The standard InChI is InChI=1S/C12H8F6N2O/c1-6-19-10(21-20-6)4-7-2-8(11(13,14)15)5-9(3-7)12(16,17)18/h2-3,5H,4H2,1H3. The summed E-state index contributed by atoms with van der Waals surface area (Å²) < 4.78 is 80.7. The fourth-order valence-electron chi connectivity index (χ4n) is 1.71. The Labute approximate surface area is 114 Å². The zero-order valence-corrected chi connectivity index (χ0v) is 10.5. The van der Waals surface area contributed by atoms with Crippen LogP contribution in [0, 0.1) is 6.92 Å². The van der Waals surface area contributed by atoms with Crippen molar-refractivity contribution in [3.63, 3.8) is 0 Å². The number of halogens is 6. The summed E-state index contributed by atoms with van der Waals surface area (Å²) in [4.78, 5) is 3.75. The summed E-state index contributed by atoms with van der Waals surface area (Å²) in [5.74, 6) is 0.188. The van der Waals surface area contributed by atoms with E-state index in [1.54, 1.807) is 0 Å². The lowest BCUT2D eigenvalue weighted by Crippen LogP contribution is -2.12. The van der Waals surface area contributed by atoms with Crippen molar-refractivity contribution in [2.24, 2.45) is 0 Å². The maximum Gasteiger partial charge on any atom is 0.416 e. The number of aromatic nitrogens is 2. The number of aryl methyl sites for hydroxylation is 1. The van der Waals surface area contributed by atoms with E-state index < -0.39 is 23.5 Å². The van der Waals surface area contributed by atoms with Gasteiger partial charge in [0.1, 0.15) is 0 Å². The minimum atomic E-state index is -4.87. The predicted molar refractivity (Wildman–Crippen MR) is 58.3 cm³/mol. The normalized spacial score (nSPS) is 12.7. The van der Waals surface area contributed by atoms with E-state index in [-0.39, 0.29) is 29.8 Å². The van der Waals surface area contributed by atoms with Crippen molar-refractivity contribution < 1.29 is 30.9 Å². The van der Waals surface area contributed by atoms with Crippen LogP contribution in [0.3, 0.4) is 0 Å². The molecule has 0 atom stereocenters. The zero-order chi connectivity index (χ0) is 15.8. The zero-order valence-electron chi connectivity index (χ0n) is 10.5. The second-order valence-corrected chi connectivity index (χ2v) is 4.33. The lowest BCUT2D eigenvalue weighted by molar-refractivity contribution is -0.143. The van der Waals surface area contributed by atoms with Crippen molar-refractivity contribution in [2.45, 2.75) is 25.7 Å². The highest BCUT2D eigenvalue weighted by atomic mass is 19.4. The SMILES string of the molecule is Cc1noc(Cc2cc(C(F)(F)F)cc(C(F)(F)F)c2)n1. The maximum atomic E-state index is 12.7. The third-order valence-corrected chi connectivity index (χ3v) is 2.57. The molecular weight excluding hydrogens is 302 g/mol. The number of alkyl halides is 6. The fourth-order valence-corrected chi connectivity index (χ4v) is 1.71. The molecule has 3 nitrogen and oxygen atoms in total. The summed E-state index contributed by atoms with van der Waals surface area (Å²) in [5, 5.41) is 3.42. The van der Waals surface area contributed by atoms with Gasteiger partial charge in [0, 0.05) is 0 Å².